The molecule has 0 saturated heterocycles. The smallest absolute Gasteiger partial charge is 0.303 e. The third-order valence-corrected chi connectivity index (χ3v) is 5.93. The molecule has 0 heterocycles. The van der Waals surface area contributed by atoms with Gasteiger partial charge in [0.15, 0.2) is 0 Å². The number of aldehydes is 1. The Bertz CT molecular complexity index is 460. The van der Waals surface area contributed by atoms with Gasteiger partial charge in [0, 0.05) is 12.5 Å². The molecular weight excluding hydrogens is 343 g/mol. The van der Waals surface area contributed by atoms with Gasteiger partial charge in [-0.1, -0.05) is 44.9 Å². The van der Waals surface area contributed by atoms with Crippen molar-refractivity contribution in [1.29, 1.82) is 0 Å². The topological polar surface area (TPSA) is 63.2 Å². The van der Waals surface area contributed by atoms with Crippen LogP contribution in [0.1, 0.15) is 70.6 Å². The Morgan fingerprint density at radius 2 is 1.54 bits per heavy atom. The Hall–Kier alpha value is -0.630. The molecule has 24 heavy (non-hydrogen) atoms. The van der Waals surface area contributed by atoms with Crippen molar-refractivity contribution in [3.8, 4) is 0 Å². The van der Waals surface area contributed by atoms with Crippen molar-refractivity contribution in [2.45, 2.75) is 76.1 Å². The molecular formula is C16H28F3NO3S. The van der Waals surface area contributed by atoms with Crippen molar-refractivity contribution in [2.75, 3.05) is 6.54 Å². The van der Waals surface area contributed by atoms with Crippen LogP contribution in [0.2, 0.25) is 0 Å². The molecule has 4 nitrogen and oxygen atoms in total. The van der Waals surface area contributed by atoms with E-state index in [-0.39, 0.29) is 12.5 Å². The van der Waals surface area contributed by atoms with Gasteiger partial charge in [0.2, 0.25) is 0 Å². The van der Waals surface area contributed by atoms with E-state index >= 15 is 0 Å². The van der Waals surface area contributed by atoms with E-state index in [1.165, 1.54) is 12.8 Å². The standard InChI is InChI=1S/C16H28F3NO3S/c17-16(18,19)24(22,23)20-12-8-4-2-1-3-5-11-15(13-21)14-9-6-7-10-14/h13-15,20H,1-12H2. The second kappa shape index (κ2) is 10.4. The van der Waals surface area contributed by atoms with Gasteiger partial charge in [0.25, 0.3) is 0 Å². The van der Waals surface area contributed by atoms with Crippen molar-refractivity contribution in [1.82, 2.24) is 4.72 Å². The van der Waals surface area contributed by atoms with Crippen LogP contribution < -0.4 is 4.72 Å². The Morgan fingerprint density at radius 1 is 1.00 bits per heavy atom. The second-order valence-corrected chi connectivity index (χ2v) is 8.36. The highest BCUT2D eigenvalue weighted by molar-refractivity contribution is 7.90. The molecule has 0 aromatic carbocycles. The zero-order valence-corrected chi connectivity index (χ0v) is 14.8. The third kappa shape index (κ3) is 7.51. The predicted molar refractivity (Wildman–Crippen MR) is 86.8 cm³/mol. The van der Waals surface area contributed by atoms with Gasteiger partial charge in [-0.2, -0.15) is 13.2 Å². The van der Waals surface area contributed by atoms with Crippen LogP contribution in [0.25, 0.3) is 0 Å². The van der Waals surface area contributed by atoms with Crippen molar-refractivity contribution in [3.63, 3.8) is 0 Å². The first-order valence-electron chi connectivity index (χ1n) is 8.79. The molecule has 142 valence electrons. The maximum atomic E-state index is 12.1. The number of carbonyl (C=O) groups excluding carboxylic acids is 1. The summed E-state index contributed by atoms with van der Waals surface area (Å²) in [4.78, 5) is 11.1. The second-order valence-electron chi connectivity index (χ2n) is 6.60. The van der Waals surface area contributed by atoms with Gasteiger partial charge in [-0.05, 0) is 31.6 Å². The predicted octanol–water partition coefficient (Wildman–Crippen LogP) is 4.16. The molecule has 0 amide bonds. The largest absolute Gasteiger partial charge is 0.511 e. The molecule has 0 aliphatic heterocycles. The molecule has 1 aliphatic rings. The van der Waals surface area contributed by atoms with E-state index in [9.17, 15) is 26.4 Å². The Labute approximate surface area is 142 Å². The number of rotatable bonds is 12. The number of halogens is 3. The average molecular weight is 371 g/mol. The van der Waals surface area contributed by atoms with E-state index < -0.39 is 15.5 Å². The first kappa shape index (κ1) is 21.4. The van der Waals surface area contributed by atoms with Crippen LogP contribution in [-0.4, -0.2) is 26.8 Å². The molecule has 1 rings (SSSR count). The summed E-state index contributed by atoms with van der Waals surface area (Å²) >= 11 is 0. The summed E-state index contributed by atoms with van der Waals surface area (Å²) in [5, 5.41) is 0. The molecule has 0 spiro atoms. The molecule has 1 unspecified atom stereocenters. The maximum Gasteiger partial charge on any atom is 0.511 e. The zero-order chi connectivity index (χ0) is 18.1. The summed E-state index contributed by atoms with van der Waals surface area (Å²) in [5.41, 5.74) is -5.23. The van der Waals surface area contributed by atoms with Gasteiger partial charge < -0.3 is 4.79 Å². The average Bonchev–Trinajstić information content (AvgIpc) is 3.02. The summed E-state index contributed by atoms with van der Waals surface area (Å²) in [6.07, 6.45) is 11.7. The van der Waals surface area contributed by atoms with Crippen molar-refractivity contribution in [3.05, 3.63) is 0 Å². The Balaban J connectivity index is 2.00. The van der Waals surface area contributed by atoms with E-state index in [2.05, 4.69) is 0 Å². The Kier molecular flexibility index (Phi) is 9.26. The number of alkyl halides is 3. The highest BCUT2D eigenvalue weighted by Gasteiger charge is 2.45. The Morgan fingerprint density at radius 3 is 2.08 bits per heavy atom. The summed E-state index contributed by atoms with van der Waals surface area (Å²) in [6, 6.07) is 0. The summed E-state index contributed by atoms with van der Waals surface area (Å²) in [7, 11) is -5.20. The fourth-order valence-electron chi connectivity index (χ4n) is 3.30. The van der Waals surface area contributed by atoms with Crippen LogP contribution in [0.3, 0.4) is 0 Å². The van der Waals surface area contributed by atoms with Crippen LogP contribution in [0.15, 0.2) is 0 Å². The van der Waals surface area contributed by atoms with E-state index in [1.807, 2.05) is 0 Å². The maximum absolute atomic E-state index is 12.1. The van der Waals surface area contributed by atoms with Gasteiger partial charge in [0.1, 0.15) is 6.29 Å². The molecule has 1 saturated carbocycles. The SMILES string of the molecule is O=CC(CCCCCCCCNS(=O)(=O)C(F)(F)F)C1CCCC1. The van der Waals surface area contributed by atoms with E-state index in [0.29, 0.717) is 18.8 Å². The van der Waals surface area contributed by atoms with Crippen LogP contribution in [0.4, 0.5) is 13.2 Å². The van der Waals surface area contributed by atoms with Crippen molar-refractivity contribution in [2.24, 2.45) is 11.8 Å². The van der Waals surface area contributed by atoms with Crippen LogP contribution in [-0.2, 0) is 14.8 Å². The van der Waals surface area contributed by atoms with Gasteiger partial charge in [0.05, 0.1) is 0 Å². The minimum atomic E-state index is -5.23. The number of sulfonamides is 1. The molecule has 1 atom stereocenters. The molecule has 0 bridgehead atoms. The number of carbonyl (C=O) groups is 1. The lowest BCUT2D eigenvalue weighted by Crippen LogP contribution is -2.36. The minimum Gasteiger partial charge on any atom is -0.303 e. The third-order valence-electron chi connectivity index (χ3n) is 4.74. The monoisotopic (exact) mass is 371 g/mol. The summed E-state index contributed by atoms with van der Waals surface area (Å²) in [6.45, 7) is -0.184. The van der Waals surface area contributed by atoms with E-state index in [4.69, 9.17) is 0 Å². The minimum absolute atomic E-state index is 0.184. The first-order valence-corrected chi connectivity index (χ1v) is 10.3. The highest BCUT2D eigenvalue weighted by atomic mass is 32.2. The molecule has 8 heteroatoms. The molecule has 1 N–H and O–H groups in total. The van der Waals surface area contributed by atoms with Gasteiger partial charge >= 0.3 is 15.5 Å². The molecule has 1 fully saturated rings. The van der Waals surface area contributed by atoms with Gasteiger partial charge in [-0.3, -0.25) is 0 Å². The zero-order valence-electron chi connectivity index (χ0n) is 14.0. The first-order chi connectivity index (χ1) is 11.3. The van der Waals surface area contributed by atoms with Gasteiger partial charge in [-0.25, -0.2) is 13.1 Å². The van der Waals surface area contributed by atoms with Crippen LogP contribution >= 0.6 is 0 Å². The number of hydrogen-bond acceptors (Lipinski definition) is 3. The number of hydrogen-bond donors (Lipinski definition) is 1. The summed E-state index contributed by atoms with van der Waals surface area (Å²) < 4.78 is 59.3. The van der Waals surface area contributed by atoms with E-state index in [0.717, 1.165) is 51.2 Å². The number of nitrogens with one attached hydrogen (secondary N) is 1. The lowest BCUT2D eigenvalue weighted by Gasteiger charge is -2.17. The number of unbranched alkanes of at least 4 members (excludes halogenated alkanes) is 5. The normalized spacial score (nSPS) is 18.0. The van der Waals surface area contributed by atoms with Gasteiger partial charge in [-0.15, -0.1) is 0 Å². The van der Waals surface area contributed by atoms with Crippen LogP contribution in [0.5, 0.6) is 0 Å². The quantitative estimate of drug-likeness (QED) is 0.414. The fraction of sp³-hybridized carbons (Fsp3) is 0.938. The van der Waals surface area contributed by atoms with Crippen molar-refractivity contribution >= 4 is 16.3 Å². The lowest BCUT2D eigenvalue weighted by molar-refractivity contribution is -0.112. The lowest BCUT2D eigenvalue weighted by atomic mass is 9.87. The van der Waals surface area contributed by atoms with Crippen molar-refractivity contribution < 1.29 is 26.4 Å². The molecule has 1 aliphatic carbocycles. The van der Waals surface area contributed by atoms with E-state index in [1.54, 1.807) is 4.72 Å². The molecule has 0 radical (unpaired) electrons. The van der Waals surface area contributed by atoms with Crippen LogP contribution in [0, 0.1) is 11.8 Å². The molecule has 0 aromatic rings. The molecule has 0 aromatic heterocycles. The highest BCUT2D eigenvalue weighted by Crippen LogP contribution is 2.33. The fourth-order valence-corrected chi connectivity index (χ4v) is 3.88. The summed E-state index contributed by atoms with van der Waals surface area (Å²) in [5.74, 6) is 0.744.